The zero-order chi connectivity index (χ0) is 28.5. The molecule has 4 aromatic carbocycles. The molecule has 0 N–H and O–H groups in total. The molecule has 41 heavy (non-hydrogen) atoms. The van der Waals surface area contributed by atoms with Crippen LogP contribution in [0.4, 0.5) is 0 Å². The Morgan fingerprint density at radius 3 is 2.39 bits per heavy atom. The molecule has 1 aliphatic heterocycles. The van der Waals surface area contributed by atoms with Crippen LogP contribution in [0.1, 0.15) is 36.6 Å². The molecule has 1 aliphatic rings. The minimum absolute atomic E-state index is 0.111. The minimum Gasteiger partial charge on any atom is -0.497 e. The number of methoxy groups -OCH3 is 1. The Balaban J connectivity index is 1.31. The second-order valence-electron chi connectivity index (χ2n) is 9.91. The summed E-state index contributed by atoms with van der Waals surface area (Å²) in [5.41, 5.74) is 3.78. The number of fused-ring (bicyclic) bond motifs is 2. The fraction of sp³-hybridized carbons (Fsp3) is 0.147. The van der Waals surface area contributed by atoms with Gasteiger partial charge in [0.2, 0.25) is 0 Å². The smallest absolute Gasteiger partial charge is 0.271 e. The van der Waals surface area contributed by atoms with Gasteiger partial charge in [0.05, 0.1) is 17.7 Å². The number of benzene rings is 4. The molecule has 5 aromatic rings. The van der Waals surface area contributed by atoms with Crippen molar-refractivity contribution in [3.05, 3.63) is 139 Å². The van der Waals surface area contributed by atoms with Crippen molar-refractivity contribution < 1.29 is 14.3 Å². The van der Waals surface area contributed by atoms with Gasteiger partial charge in [0.15, 0.2) is 10.6 Å². The van der Waals surface area contributed by atoms with E-state index >= 15 is 0 Å². The molecule has 0 bridgehead atoms. The first-order chi connectivity index (χ1) is 19.9. The zero-order valence-corrected chi connectivity index (χ0v) is 23.8. The van der Waals surface area contributed by atoms with E-state index in [-0.39, 0.29) is 11.3 Å². The highest BCUT2D eigenvalue weighted by Gasteiger charge is 2.30. The Morgan fingerprint density at radius 2 is 1.66 bits per heavy atom. The van der Waals surface area contributed by atoms with Crippen LogP contribution in [0.25, 0.3) is 16.8 Å². The van der Waals surface area contributed by atoms with Crippen molar-refractivity contribution >= 4 is 34.0 Å². The van der Waals surface area contributed by atoms with Crippen molar-refractivity contribution in [3.8, 4) is 11.5 Å². The number of carbonyl (C=O) groups is 1. The van der Waals surface area contributed by atoms with E-state index in [1.807, 2.05) is 79.7 Å². The Bertz CT molecular complexity index is 1980. The lowest BCUT2D eigenvalue weighted by Crippen LogP contribution is -2.39. The summed E-state index contributed by atoms with van der Waals surface area (Å²) in [5.74, 6) is 1.34. The molecule has 6 rings (SSSR count). The number of nitrogens with zero attached hydrogens (tertiary/aromatic N) is 2. The predicted octanol–water partition coefficient (Wildman–Crippen LogP) is 5.57. The number of hydrogen-bond acceptors (Lipinski definition) is 6. The summed E-state index contributed by atoms with van der Waals surface area (Å²) in [5, 5.41) is 2.36. The molecule has 0 unspecified atom stereocenters. The molecule has 0 fully saturated rings. The Labute approximate surface area is 241 Å². The first-order valence-electron chi connectivity index (χ1n) is 13.3. The van der Waals surface area contributed by atoms with Gasteiger partial charge < -0.3 is 9.47 Å². The van der Waals surface area contributed by atoms with E-state index in [0.29, 0.717) is 33.0 Å². The summed E-state index contributed by atoms with van der Waals surface area (Å²) < 4.78 is 13.6. The van der Waals surface area contributed by atoms with Crippen LogP contribution in [0, 0.1) is 0 Å². The quantitative estimate of drug-likeness (QED) is 0.261. The molecule has 0 saturated heterocycles. The molecule has 1 atom stereocenters. The van der Waals surface area contributed by atoms with Crippen LogP contribution in [-0.2, 0) is 11.4 Å². The van der Waals surface area contributed by atoms with Gasteiger partial charge >= 0.3 is 0 Å². The van der Waals surface area contributed by atoms with E-state index < -0.39 is 6.04 Å². The molecule has 2 heterocycles. The van der Waals surface area contributed by atoms with Crippen LogP contribution in [0.3, 0.4) is 0 Å². The molecule has 0 spiro atoms. The number of carbonyl (C=O) groups excluding carboxylic acids is 1. The highest BCUT2D eigenvalue weighted by molar-refractivity contribution is 7.07. The third-order valence-corrected chi connectivity index (χ3v) is 8.27. The normalized spacial score (nSPS) is 15.0. The van der Waals surface area contributed by atoms with E-state index in [9.17, 15) is 9.59 Å². The fourth-order valence-corrected chi connectivity index (χ4v) is 6.31. The van der Waals surface area contributed by atoms with Crippen LogP contribution in [0.15, 0.2) is 112 Å². The number of hydrogen-bond donors (Lipinski definition) is 0. The van der Waals surface area contributed by atoms with Crippen molar-refractivity contribution in [1.29, 1.82) is 0 Å². The molecule has 0 radical (unpaired) electrons. The van der Waals surface area contributed by atoms with E-state index in [1.165, 1.54) is 29.0 Å². The molecule has 7 heteroatoms. The third kappa shape index (κ3) is 5.12. The van der Waals surface area contributed by atoms with Gasteiger partial charge in [-0.2, -0.15) is 0 Å². The number of allylic oxidation sites excluding steroid dienone is 2. The zero-order valence-electron chi connectivity index (χ0n) is 23.0. The van der Waals surface area contributed by atoms with Crippen molar-refractivity contribution in [1.82, 2.24) is 4.57 Å². The average Bonchev–Trinajstić information content (AvgIpc) is 3.29. The Hall–Kier alpha value is -4.75. The van der Waals surface area contributed by atoms with Gasteiger partial charge in [-0.05, 0) is 71.7 Å². The fourth-order valence-electron chi connectivity index (χ4n) is 5.26. The van der Waals surface area contributed by atoms with Gasteiger partial charge in [0, 0.05) is 11.3 Å². The van der Waals surface area contributed by atoms with Crippen LogP contribution >= 0.6 is 11.3 Å². The second-order valence-corrected chi connectivity index (χ2v) is 10.9. The first kappa shape index (κ1) is 26.5. The van der Waals surface area contributed by atoms with Gasteiger partial charge in [-0.15, -0.1) is 0 Å². The average molecular weight is 561 g/mol. The molecule has 6 nitrogen and oxygen atoms in total. The lowest BCUT2D eigenvalue weighted by atomic mass is 9.93. The number of rotatable bonds is 7. The molecule has 0 amide bonds. The number of aromatic nitrogens is 1. The summed E-state index contributed by atoms with van der Waals surface area (Å²) in [6.45, 7) is 3.80. The summed E-state index contributed by atoms with van der Waals surface area (Å²) >= 11 is 1.32. The summed E-state index contributed by atoms with van der Waals surface area (Å²) in [7, 11) is 1.60. The van der Waals surface area contributed by atoms with Gasteiger partial charge in [-0.25, -0.2) is 4.99 Å². The maximum absolute atomic E-state index is 13.7. The minimum atomic E-state index is -0.554. The maximum atomic E-state index is 13.7. The summed E-state index contributed by atoms with van der Waals surface area (Å²) in [6.07, 6.45) is 1.86. The highest BCUT2D eigenvalue weighted by Crippen LogP contribution is 2.31. The number of ketones is 1. The van der Waals surface area contributed by atoms with Gasteiger partial charge in [0.1, 0.15) is 18.1 Å². The number of ether oxygens (including phenoxy) is 2. The lowest BCUT2D eigenvalue weighted by Gasteiger charge is -2.24. The highest BCUT2D eigenvalue weighted by atomic mass is 32.1. The van der Waals surface area contributed by atoms with Gasteiger partial charge in [-0.3, -0.25) is 14.2 Å². The standard InChI is InChI=1S/C34H28N2O4S/c1-21-31(22(2)37)32(25-13-17-27(39-3)18-14-25)36-33(38)30(41-34(36)35-21)19-23-11-15-28(16-12-23)40-20-26-9-6-8-24-7-4-5-10-29(24)26/h4-19,32H,20H2,1-3H3/b30-19+/t32-/m0/s1. The maximum Gasteiger partial charge on any atom is 0.271 e. The summed E-state index contributed by atoms with van der Waals surface area (Å²) in [4.78, 5) is 31.6. The van der Waals surface area contributed by atoms with E-state index in [1.54, 1.807) is 11.7 Å². The predicted molar refractivity (Wildman–Crippen MR) is 162 cm³/mol. The van der Waals surface area contributed by atoms with Crippen LogP contribution in [-0.4, -0.2) is 17.5 Å². The Kier molecular flexibility index (Phi) is 7.12. The van der Waals surface area contributed by atoms with Crippen LogP contribution in [0.2, 0.25) is 0 Å². The molecular formula is C34H28N2O4S. The van der Waals surface area contributed by atoms with Crippen LogP contribution in [0.5, 0.6) is 11.5 Å². The molecular weight excluding hydrogens is 532 g/mol. The van der Waals surface area contributed by atoms with E-state index in [0.717, 1.165) is 22.4 Å². The van der Waals surface area contributed by atoms with Crippen molar-refractivity contribution in [3.63, 3.8) is 0 Å². The molecule has 0 aliphatic carbocycles. The van der Waals surface area contributed by atoms with Crippen molar-refractivity contribution in [2.75, 3.05) is 7.11 Å². The van der Waals surface area contributed by atoms with Gasteiger partial charge in [0.25, 0.3) is 5.56 Å². The SMILES string of the molecule is COc1ccc([C@H]2C(C(C)=O)=C(C)N=c3s/c(=C/c4ccc(OCc5cccc6ccccc56)cc4)c(=O)n32)cc1. The second kappa shape index (κ2) is 11.0. The topological polar surface area (TPSA) is 69.9 Å². The molecule has 204 valence electrons. The van der Waals surface area contributed by atoms with Crippen molar-refractivity contribution in [2.45, 2.75) is 26.5 Å². The molecule has 0 saturated carbocycles. The van der Waals surface area contributed by atoms with Crippen LogP contribution < -0.4 is 24.4 Å². The number of thiazole rings is 1. The largest absolute Gasteiger partial charge is 0.497 e. The van der Waals surface area contributed by atoms with E-state index in [4.69, 9.17) is 9.47 Å². The monoisotopic (exact) mass is 560 g/mol. The lowest BCUT2D eigenvalue weighted by molar-refractivity contribution is -0.114. The summed E-state index contributed by atoms with van der Waals surface area (Å²) in [6, 6.07) is 29.1. The molecule has 1 aromatic heterocycles. The Morgan fingerprint density at radius 1 is 0.951 bits per heavy atom. The van der Waals surface area contributed by atoms with E-state index in [2.05, 4.69) is 29.3 Å². The first-order valence-corrected chi connectivity index (χ1v) is 14.1. The third-order valence-electron chi connectivity index (χ3n) is 7.28. The number of Topliss-reactive ketones (excluding diaryl/α,β-unsaturated/α-hetero) is 1. The van der Waals surface area contributed by atoms with Gasteiger partial charge in [-0.1, -0.05) is 78.1 Å². The van der Waals surface area contributed by atoms with Crippen molar-refractivity contribution in [2.24, 2.45) is 4.99 Å².